The first-order valence-corrected chi connectivity index (χ1v) is 11.9. The minimum Gasteiger partial charge on any atom is -0.346 e. The van der Waals surface area contributed by atoms with Crippen LogP contribution in [0, 0.1) is 23.0 Å². The van der Waals surface area contributed by atoms with Gasteiger partial charge in [0.15, 0.2) is 17.4 Å². The number of nitrogens with one attached hydrogen (secondary N) is 2. The molecule has 0 heterocycles. The van der Waals surface area contributed by atoms with Crippen LogP contribution >= 0.6 is 0 Å². The number of hydrogen-bond donors (Lipinski definition) is 2. The van der Waals surface area contributed by atoms with E-state index in [0.29, 0.717) is 12.5 Å². The van der Waals surface area contributed by atoms with E-state index in [1.165, 1.54) is 23.3 Å². The molecule has 198 valence electrons. The fourth-order valence-corrected chi connectivity index (χ4v) is 3.12. The van der Waals surface area contributed by atoms with Gasteiger partial charge in [-0.05, 0) is 53.9 Å². The van der Waals surface area contributed by atoms with Crippen LogP contribution in [0.4, 0.5) is 8.78 Å². The fraction of sp³-hybridized carbons (Fsp3) is 0.310. The van der Waals surface area contributed by atoms with Crippen molar-refractivity contribution in [3.63, 3.8) is 0 Å². The van der Waals surface area contributed by atoms with Crippen LogP contribution in [0.5, 0.6) is 0 Å². The molecule has 0 saturated heterocycles. The highest BCUT2D eigenvalue weighted by Gasteiger charge is 2.13. The minimum absolute atomic E-state index is 0.0323. The first-order chi connectivity index (χ1) is 17.7. The standard InChI is InChI=1S/C13H14.C11H9F2NO3.C3H6N2.C2H6/c1-10(2)12-9-5-7-11-6-3-4-8-13(11)12;1-6(16)8-3-10(13)9(12)2-7(8)4-14-11(17)5-15;1-5-3-2-4;1-2/h3-10H,1-2H3;2-3,5H,4H2,1H3,(H,14,17);5H,3H2,1H3;1-2H3. The molecule has 2 N–H and O–H groups in total. The van der Waals surface area contributed by atoms with Crippen LogP contribution in [-0.4, -0.2) is 31.6 Å². The normalized spacial score (nSPS) is 9.41. The molecular formula is C29H35F2N3O3. The van der Waals surface area contributed by atoms with Crippen molar-refractivity contribution in [2.24, 2.45) is 0 Å². The second-order valence-corrected chi connectivity index (χ2v) is 7.73. The lowest BCUT2D eigenvalue weighted by molar-refractivity contribution is -0.131. The summed E-state index contributed by atoms with van der Waals surface area (Å²) < 4.78 is 25.9. The van der Waals surface area contributed by atoms with E-state index in [2.05, 4.69) is 66.9 Å². The molecule has 0 aliphatic carbocycles. The number of hydrogen-bond acceptors (Lipinski definition) is 5. The summed E-state index contributed by atoms with van der Waals surface area (Å²) in [5.74, 6) is -3.01. The predicted molar refractivity (Wildman–Crippen MR) is 143 cm³/mol. The zero-order valence-corrected chi connectivity index (χ0v) is 22.2. The van der Waals surface area contributed by atoms with Crippen molar-refractivity contribution in [1.29, 1.82) is 5.26 Å². The van der Waals surface area contributed by atoms with Gasteiger partial charge in [0.05, 0.1) is 12.6 Å². The topological polar surface area (TPSA) is 99.1 Å². The van der Waals surface area contributed by atoms with Crippen LogP contribution < -0.4 is 10.6 Å². The van der Waals surface area contributed by atoms with Crippen LogP contribution in [0.1, 0.15) is 62.0 Å². The number of fused-ring (bicyclic) bond motifs is 1. The first kappa shape index (κ1) is 33.0. The number of carbonyl (C=O) groups is 3. The lowest BCUT2D eigenvalue weighted by atomic mass is 9.96. The van der Waals surface area contributed by atoms with Gasteiger partial charge >= 0.3 is 0 Å². The highest BCUT2D eigenvalue weighted by atomic mass is 19.2. The molecule has 0 radical (unpaired) electrons. The van der Waals surface area contributed by atoms with E-state index in [9.17, 15) is 23.2 Å². The molecular weight excluding hydrogens is 476 g/mol. The summed E-state index contributed by atoms with van der Waals surface area (Å²) in [4.78, 5) is 31.9. The maximum absolute atomic E-state index is 13.0. The average molecular weight is 512 g/mol. The fourth-order valence-electron chi connectivity index (χ4n) is 3.12. The molecule has 0 aromatic heterocycles. The van der Waals surface area contributed by atoms with Crippen molar-refractivity contribution in [3.8, 4) is 6.07 Å². The molecule has 37 heavy (non-hydrogen) atoms. The maximum atomic E-state index is 13.0. The van der Waals surface area contributed by atoms with Crippen LogP contribution in [-0.2, 0) is 16.1 Å². The third-order valence-electron chi connectivity index (χ3n) is 4.79. The highest BCUT2D eigenvalue weighted by Crippen LogP contribution is 2.24. The van der Waals surface area contributed by atoms with E-state index in [1.807, 2.05) is 19.9 Å². The van der Waals surface area contributed by atoms with E-state index in [4.69, 9.17) is 5.26 Å². The molecule has 0 bridgehead atoms. The minimum atomic E-state index is -1.14. The number of benzene rings is 3. The van der Waals surface area contributed by atoms with Crippen molar-refractivity contribution in [2.45, 2.75) is 47.1 Å². The number of ketones is 1. The second kappa shape index (κ2) is 18.3. The third kappa shape index (κ3) is 11.5. The van der Waals surface area contributed by atoms with E-state index < -0.39 is 23.3 Å². The van der Waals surface area contributed by atoms with E-state index in [1.54, 1.807) is 7.05 Å². The van der Waals surface area contributed by atoms with Crippen molar-refractivity contribution in [2.75, 3.05) is 13.6 Å². The Hall–Kier alpha value is -3.96. The molecule has 0 unspecified atom stereocenters. The Morgan fingerprint density at radius 3 is 2.14 bits per heavy atom. The van der Waals surface area contributed by atoms with Crippen LogP contribution in [0.3, 0.4) is 0 Å². The lowest BCUT2D eigenvalue weighted by Gasteiger charge is -2.08. The van der Waals surface area contributed by atoms with Gasteiger partial charge in [-0.3, -0.25) is 14.4 Å². The van der Waals surface area contributed by atoms with Gasteiger partial charge in [-0.2, -0.15) is 5.26 Å². The van der Waals surface area contributed by atoms with Gasteiger partial charge < -0.3 is 10.6 Å². The van der Waals surface area contributed by atoms with E-state index >= 15 is 0 Å². The molecule has 6 nitrogen and oxygen atoms in total. The maximum Gasteiger partial charge on any atom is 0.284 e. The number of amides is 1. The molecule has 0 saturated carbocycles. The number of halogens is 2. The Labute approximate surface area is 217 Å². The Kier molecular flexibility index (Phi) is 16.4. The van der Waals surface area contributed by atoms with Gasteiger partial charge in [0.1, 0.15) is 0 Å². The van der Waals surface area contributed by atoms with E-state index in [0.717, 1.165) is 12.1 Å². The summed E-state index contributed by atoms with van der Waals surface area (Å²) in [6, 6.07) is 18.6. The largest absolute Gasteiger partial charge is 0.346 e. The number of Topliss-reactive ketones (excluding diaryl/α,β-unsaturated/α-hetero) is 1. The van der Waals surface area contributed by atoms with Crippen LogP contribution in [0.25, 0.3) is 10.8 Å². The highest BCUT2D eigenvalue weighted by molar-refractivity contribution is 6.23. The third-order valence-corrected chi connectivity index (χ3v) is 4.79. The van der Waals surface area contributed by atoms with Crippen LogP contribution in [0.15, 0.2) is 54.6 Å². The van der Waals surface area contributed by atoms with Gasteiger partial charge in [-0.25, -0.2) is 8.78 Å². The molecule has 0 atom stereocenters. The summed E-state index contributed by atoms with van der Waals surface area (Å²) in [7, 11) is 1.74. The Balaban J connectivity index is 0.000000571. The van der Waals surface area contributed by atoms with Gasteiger partial charge in [0.25, 0.3) is 5.91 Å². The zero-order valence-electron chi connectivity index (χ0n) is 22.2. The van der Waals surface area contributed by atoms with Gasteiger partial charge in [0.2, 0.25) is 6.29 Å². The summed E-state index contributed by atoms with van der Waals surface area (Å²) in [5.41, 5.74) is 1.53. The number of carbonyl (C=O) groups excluding carboxylic acids is 3. The molecule has 3 aromatic carbocycles. The lowest BCUT2D eigenvalue weighted by Crippen LogP contribution is -2.24. The SMILES string of the molecule is CC.CC(=O)c1cc(F)c(F)cc1CNC(=O)C=O.CC(C)c1cccc2ccccc12.CNCC#N. The second-order valence-electron chi connectivity index (χ2n) is 7.73. The quantitative estimate of drug-likeness (QED) is 0.191. The number of aldehydes is 1. The number of nitriles is 1. The summed E-state index contributed by atoms with van der Waals surface area (Å²) in [6.07, 6.45) is 0.0489. The molecule has 0 aliphatic rings. The Morgan fingerprint density at radius 2 is 1.62 bits per heavy atom. The molecule has 3 rings (SSSR count). The molecule has 0 fully saturated rings. The molecule has 8 heteroatoms. The Bertz CT molecular complexity index is 1200. The molecule has 3 aromatic rings. The van der Waals surface area contributed by atoms with Crippen molar-refractivity contribution in [3.05, 3.63) is 82.9 Å². The van der Waals surface area contributed by atoms with E-state index in [-0.39, 0.29) is 24.0 Å². The van der Waals surface area contributed by atoms with Gasteiger partial charge in [0, 0.05) is 12.1 Å². The monoisotopic (exact) mass is 511 g/mol. The zero-order chi connectivity index (χ0) is 28.4. The van der Waals surface area contributed by atoms with Crippen molar-refractivity contribution >= 4 is 28.7 Å². The van der Waals surface area contributed by atoms with Gasteiger partial charge in [-0.15, -0.1) is 0 Å². The van der Waals surface area contributed by atoms with Crippen LogP contribution in [0.2, 0.25) is 0 Å². The smallest absolute Gasteiger partial charge is 0.284 e. The molecule has 0 aliphatic heterocycles. The summed E-state index contributed by atoms with van der Waals surface area (Å²) >= 11 is 0. The van der Waals surface area contributed by atoms with Crippen molar-refractivity contribution < 1.29 is 23.2 Å². The van der Waals surface area contributed by atoms with Gasteiger partial charge in [-0.1, -0.05) is 70.2 Å². The predicted octanol–water partition coefficient (Wildman–Crippen LogP) is 5.70. The number of nitrogens with zero attached hydrogens (tertiary/aromatic N) is 1. The summed E-state index contributed by atoms with van der Waals surface area (Å²) in [6.45, 7) is 9.89. The number of rotatable bonds is 6. The molecule has 1 amide bonds. The summed E-state index contributed by atoms with van der Waals surface area (Å²) in [5, 5.41) is 15.3. The average Bonchev–Trinajstić information content (AvgIpc) is 2.90. The van der Waals surface area contributed by atoms with Crippen molar-refractivity contribution in [1.82, 2.24) is 10.6 Å². The first-order valence-electron chi connectivity index (χ1n) is 11.9. The Morgan fingerprint density at radius 1 is 1.03 bits per heavy atom. The molecule has 0 spiro atoms.